The molecule has 1 fully saturated rings. The zero-order valence-electron chi connectivity index (χ0n) is 18.7. The van der Waals surface area contributed by atoms with Gasteiger partial charge in [0, 0.05) is 25.0 Å². The van der Waals surface area contributed by atoms with Gasteiger partial charge in [-0.15, -0.1) is 0 Å². The summed E-state index contributed by atoms with van der Waals surface area (Å²) in [6, 6.07) is 2.52. The fourth-order valence-electron chi connectivity index (χ4n) is 4.38. The summed E-state index contributed by atoms with van der Waals surface area (Å²) in [4.78, 5) is 12.3. The topological polar surface area (TPSA) is 90.9 Å². The molecule has 1 N–H and O–H groups in total. The molecule has 1 aliphatic rings. The number of fused-ring (bicyclic) bond motifs is 1. The van der Waals surface area contributed by atoms with Crippen molar-refractivity contribution in [1.29, 1.82) is 0 Å². The number of nitrogens with zero attached hydrogens (tertiary/aromatic N) is 5. The average molecular weight is 490 g/mol. The summed E-state index contributed by atoms with van der Waals surface area (Å²) in [6.07, 6.45) is 2.65. The highest BCUT2D eigenvalue weighted by Gasteiger charge is 2.36. The summed E-state index contributed by atoms with van der Waals surface area (Å²) in [7, 11) is 0. The van der Waals surface area contributed by atoms with Crippen LogP contribution in [0.4, 0.5) is 23.4 Å². The number of aromatic nitrogens is 5. The first-order chi connectivity index (χ1) is 16.8. The third-order valence-electron chi connectivity index (χ3n) is 6.02. The average Bonchev–Trinajstić information content (AvgIpc) is 3.48. The first-order valence-corrected chi connectivity index (χ1v) is 11.3. The van der Waals surface area contributed by atoms with Gasteiger partial charge in [0.1, 0.15) is 18.2 Å². The molecule has 5 rings (SSSR count). The summed E-state index contributed by atoms with van der Waals surface area (Å²) < 4.78 is 66.3. The Kier molecular flexibility index (Phi) is 6.03. The van der Waals surface area contributed by atoms with E-state index in [1.54, 1.807) is 12.4 Å². The molecule has 1 saturated carbocycles. The maximum absolute atomic E-state index is 14.3. The standard InChI is InChI=1S/C23H22F4N6O2/c1-2-28-18-11-17-15(12-31-18)20(22-30-9-10-34-22)32-33(17)13-3-5-14(6-4-13)35-21-19(24)16(7-8-29-21)23(25,26)27/h7-14H,2-6H2,1H3,(H,28,31)/t13-,14+. The molecule has 12 heteroatoms. The van der Waals surface area contributed by atoms with Gasteiger partial charge in [0.15, 0.2) is 11.5 Å². The molecule has 0 bridgehead atoms. The van der Waals surface area contributed by atoms with Crippen molar-refractivity contribution >= 4 is 16.7 Å². The normalized spacial score (nSPS) is 18.7. The highest BCUT2D eigenvalue weighted by atomic mass is 19.4. The van der Waals surface area contributed by atoms with Crippen LogP contribution in [0.25, 0.3) is 22.5 Å². The molecule has 1 aliphatic carbocycles. The van der Waals surface area contributed by atoms with E-state index in [0.717, 1.165) is 17.1 Å². The van der Waals surface area contributed by atoms with Gasteiger partial charge >= 0.3 is 6.18 Å². The molecule has 184 valence electrons. The van der Waals surface area contributed by atoms with Crippen LogP contribution in [0.1, 0.15) is 44.2 Å². The van der Waals surface area contributed by atoms with E-state index in [1.165, 1.54) is 6.26 Å². The maximum atomic E-state index is 14.3. The lowest BCUT2D eigenvalue weighted by atomic mass is 9.93. The zero-order chi connectivity index (χ0) is 24.6. The van der Waals surface area contributed by atoms with Crippen molar-refractivity contribution < 1.29 is 26.7 Å². The number of hydrogen-bond donors (Lipinski definition) is 1. The lowest BCUT2D eigenvalue weighted by molar-refractivity contribution is -0.140. The van der Waals surface area contributed by atoms with Gasteiger partial charge < -0.3 is 14.5 Å². The van der Waals surface area contributed by atoms with Crippen LogP contribution in [-0.4, -0.2) is 37.4 Å². The highest BCUT2D eigenvalue weighted by Crippen LogP contribution is 2.38. The maximum Gasteiger partial charge on any atom is 0.419 e. The highest BCUT2D eigenvalue weighted by molar-refractivity contribution is 5.92. The number of pyridine rings is 2. The second-order valence-electron chi connectivity index (χ2n) is 8.27. The Bertz CT molecular complexity index is 1310. The third kappa shape index (κ3) is 4.52. The summed E-state index contributed by atoms with van der Waals surface area (Å²) in [5.41, 5.74) is 0.0524. The Morgan fingerprint density at radius 2 is 1.94 bits per heavy atom. The number of oxazole rings is 1. The van der Waals surface area contributed by atoms with E-state index in [4.69, 9.17) is 14.3 Å². The molecule has 0 radical (unpaired) electrons. The number of ether oxygens (including phenoxy) is 1. The van der Waals surface area contributed by atoms with Crippen LogP contribution in [0.3, 0.4) is 0 Å². The van der Waals surface area contributed by atoms with Gasteiger partial charge in [0.25, 0.3) is 5.88 Å². The fourth-order valence-corrected chi connectivity index (χ4v) is 4.38. The Morgan fingerprint density at radius 3 is 2.63 bits per heavy atom. The van der Waals surface area contributed by atoms with Crippen LogP contribution >= 0.6 is 0 Å². The lowest BCUT2D eigenvalue weighted by Gasteiger charge is -2.29. The van der Waals surface area contributed by atoms with Crippen LogP contribution in [-0.2, 0) is 6.18 Å². The minimum atomic E-state index is -4.81. The minimum Gasteiger partial charge on any atom is -0.472 e. The van der Waals surface area contributed by atoms with Gasteiger partial charge in [-0.3, -0.25) is 4.68 Å². The van der Waals surface area contributed by atoms with Crippen LogP contribution in [0.15, 0.2) is 41.4 Å². The van der Waals surface area contributed by atoms with Crippen LogP contribution in [0.2, 0.25) is 0 Å². The van der Waals surface area contributed by atoms with E-state index < -0.39 is 29.5 Å². The Hall–Kier alpha value is -3.70. The number of halogens is 4. The summed E-state index contributed by atoms with van der Waals surface area (Å²) in [5, 5.41) is 8.76. The third-order valence-corrected chi connectivity index (χ3v) is 6.02. The number of nitrogens with one attached hydrogen (secondary N) is 1. The molecule has 0 aliphatic heterocycles. The molecule has 0 aromatic carbocycles. The van der Waals surface area contributed by atoms with Crippen molar-refractivity contribution in [1.82, 2.24) is 24.7 Å². The number of alkyl halides is 3. The van der Waals surface area contributed by atoms with Crippen LogP contribution in [0, 0.1) is 5.82 Å². The van der Waals surface area contributed by atoms with Crippen molar-refractivity contribution in [3.05, 3.63) is 48.4 Å². The molecule has 4 heterocycles. The Labute approximate surface area is 197 Å². The predicted octanol–water partition coefficient (Wildman–Crippen LogP) is 5.63. The van der Waals surface area contributed by atoms with Gasteiger partial charge in [-0.05, 0) is 38.7 Å². The second-order valence-corrected chi connectivity index (χ2v) is 8.27. The van der Waals surface area contributed by atoms with Gasteiger partial charge in [0.2, 0.25) is 5.89 Å². The predicted molar refractivity (Wildman–Crippen MR) is 118 cm³/mol. The Balaban J connectivity index is 1.37. The molecule has 0 saturated heterocycles. The van der Waals surface area contributed by atoms with Crippen LogP contribution in [0.5, 0.6) is 5.88 Å². The van der Waals surface area contributed by atoms with E-state index in [2.05, 4.69) is 20.3 Å². The molecule has 4 aromatic heterocycles. The van der Waals surface area contributed by atoms with Gasteiger partial charge in [0.05, 0.1) is 28.7 Å². The van der Waals surface area contributed by atoms with Gasteiger partial charge in [-0.1, -0.05) is 0 Å². The van der Waals surface area contributed by atoms with Gasteiger partial charge in [-0.2, -0.15) is 18.3 Å². The van der Waals surface area contributed by atoms with E-state index in [-0.39, 0.29) is 6.04 Å². The van der Waals surface area contributed by atoms with Crippen molar-refractivity contribution in [3.63, 3.8) is 0 Å². The molecule has 0 amide bonds. The fraction of sp³-hybridized carbons (Fsp3) is 0.391. The summed E-state index contributed by atoms with van der Waals surface area (Å²) in [5.74, 6) is -1.02. The lowest BCUT2D eigenvalue weighted by Crippen LogP contribution is -2.27. The van der Waals surface area contributed by atoms with E-state index >= 15 is 0 Å². The van der Waals surface area contributed by atoms with Crippen molar-refractivity contribution in [2.75, 3.05) is 11.9 Å². The van der Waals surface area contributed by atoms with E-state index in [0.29, 0.717) is 55.7 Å². The largest absolute Gasteiger partial charge is 0.472 e. The van der Waals surface area contributed by atoms with Crippen LogP contribution < -0.4 is 10.1 Å². The zero-order valence-corrected chi connectivity index (χ0v) is 18.7. The SMILES string of the molecule is CCNc1cc2c(cn1)c(-c1ncco1)nn2[C@H]1CC[C@@H](Oc2nccc(C(F)(F)F)c2F)CC1. The molecular weight excluding hydrogens is 468 g/mol. The van der Waals surface area contributed by atoms with E-state index in [1.807, 2.05) is 17.7 Å². The molecule has 4 aromatic rings. The first kappa shape index (κ1) is 23.1. The van der Waals surface area contributed by atoms with Crippen molar-refractivity contribution in [2.45, 2.75) is 50.9 Å². The minimum absolute atomic E-state index is 0.00254. The Morgan fingerprint density at radius 1 is 1.14 bits per heavy atom. The number of rotatable bonds is 6. The van der Waals surface area contributed by atoms with E-state index in [9.17, 15) is 17.6 Å². The summed E-state index contributed by atoms with van der Waals surface area (Å²) >= 11 is 0. The summed E-state index contributed by atoms with van der Waals surface area (Å²) in [6.45, 7) is 2.69. The molecule has 8 nitrogen and oxygen atoms in total. The molecule has 0 atom stereocenters. The monoisotopic (exact) mass is 490 g/mol. The second kappa shape index (κ2) is 9.16. The van der Waals surface area contributed by atoms with Gasteiger partial charge in [-0.25, -0.2) is 19.3 Å². The van der Waals surface area contributed by atoms with Crippen molar-refractivity contribution in [3.8, 4) is 17.5 Å². The quantitative estimate of drug-likeness (QED) is 0.350. The number of hydrogen-bond acceptors (Lipinski definition) is 7. The molecule has 0 unspecified atom stereocenters. The number of anilines is 1. The first-order valence-electron chi connectivity index (χ1n) is 11.3. The van der Waals surface area contributed by atoms with Crippen molar-refractivity contribution in [2.24, 2.45) is 0 Å². The molecular formula is C23H22F4N6O2. The molecule has 35 heavy (non-hydrogen) atoms. The smallest absolute Gasteiger partial charge is 0.419 e. The molecule has 0 spiro atoms.